The van der Waals surface area contributed by atoms with Crippen molar-refractivity contribution in [2.75, 3.05) is 11.9 Å². The molecule has 10 heteroatoms. The van der Waals surface area contributed by atoms with Crippen LogP contribution in [-0.2, 0) is 11.3 Å². The summed E-state index contributed by atoms with van der Waals surface area (Å²) in [6.45, 7) is 0.173. The van der Waals surface area contributed by atoms with Crippen molar-refractivity contribution in [3.8, 4) is 11.5 Å². The van der Waals surface area contributed by atoms with E-state index >= 15 is 0 Å². The van der Waals surface area contributed by atoms with Gasteiger partial charge in [-0.05, 0) is 23.8 Å². The van der Waals surface area contributed by atoms with Crippen LogP contribution in [0.5, 0.6) is 11.5 Å². The molecule has 0 fully saturated rings. The van der Waals surface area contributed by atoms with Gasteiger partial charge in [0, 0.05) is 18.7 Å². The van der Waals surface area contributed by atoms with Crippen LogP contribution in [-0.4, -0.2) is 32.6 Å². The predicted octanol–water partition coefficient (Wildman–Crippen LogP) is 2.34. The van der Waals surface area contributed by atoms with Gasteiger partial charge in [-0.1, -0.05) is 17.4 Å². The van der Waals surface area contributed by atoms with E-state index in [0.717, 1.165) is 4.70 Å². The van der Waals surface area contributed by atoms with E-state index in [2.05, 4.69) is 15.6 Å². The fraction of sp³-hybridized carbons (Fsp3) is 0.125. The number of thiazole rings is 1. The Morgan fingerprint density at radius 1 is 1.19 bits per heavy atom. The number of carbonyl (C=O) groups excluding carboxylic acids is 1. The van der Waals surface area contributed by atoms with E-state index in [1.165, 1.54) is 35.6 Å². The monoisotopic (exact) mass is 374 g/mol. The highest BCUT2D eigenvalue weighted by atomic mass is 32.1. The lowest BCUT2D eigenvalue weighted by Gasteiger charge is -2.07. The number of non-ortho nitro benzene ring substituents is 1. The maximum atomic E-state index is 11.9. The third-order valence-electron chi connectivity index (χ3n) is 3.51. The average Bonchev–Trinajstić information content (AvgIpc) is 3.03. The third-order valence-corrected chi connectivity index (χ3v) is 4.51. The number of nitro groups is 1. The van der Waals surface area contributed by atoms with Gasteiger partial charge < -0.3 is 20.8 Å². The van der Waals surface area contributed by atoms with Crippen LogP contribution < -0.4 is 10.6 Å². The Morgan fingerprint density at radius 3 is 2.73 bits per heavy atom. The number of phenolic OH excluding ortho intramolecular Hbond substituents is 2. The van der Waals surface area contributed by atoms with Crippen molar-refractivity contribution in [2.45, 2.75) is 6.54 Å². The molecule has 1 heterocycles. The number of rotatable bonds is 6. The Morgan fingerprint density at radius 2 is 2.00 bits per heavy atom. The molecule has 3 rings (SSSR count). The molecule has 26 heavy (non-hydrogen) atoms. The summed E-state index contributed by atoms with van der Waals surface area (Å²) in [6, 6.07) is 8.70. The first kappa shape index (κ1) is 17.4. The van der Waals surface area contributed by atoms with E-state index in [-0.39, 0.29) is 36.2 Å². The number of phenols is 2. The molecule has 3 aromatic rings. The molecule has 134 valence electrons. The minimum atomic E-state index is -0.486. The molecular formula is C16H14N4O5S. The van der Waals surface area contributed by atoms with Gasteiger partial charge >= 0.3 is 0 Å². The predicted molar refractivity (Wildman–Crippen MR) is 96.4 cm³/mol. The number of nitrogens with zero attached hydrogens (tertiary/aromatic N) is 2. The zero-order valence-corrected chi connectivity index (χ0v) is 14.1. The van der Waals surface area contributed by atoms with Crippen LogP contribution in [0.15, 0.2) is 36.4 Å². The molecular weight excluding hydrogens is 360 g/mol. The van der Waals surface area contributed by atoms with Gasteiger partial charge in [0.15, 0.2) is 16.6 Å². The second kappa shape index (κ2) is 7.23. The summed E-state index contributed by atoms with van der Waals surface area (Å²) in [6.07, 6.45) is 0. The van der Waals surface area contributed by atoms with Gasteiger partial charge in [-0.2, -0.15) is 0 Å². The number of benzene rings is 2. The normalized spacial score (nSPS) is 10.6. The smallest absolute Gasteiger partial charge is 0.271 e. The van der Waals surface area contributed by atoms with Crippen molar-refractivity contribution in [1.82, 2.24) is 10.3 Å². The molecule has 0 aliphatic rings. The number of hydrogen-bond acceptors (Lipinski definition) is 8. The summed E-state index contributed by atoms with van der Waals surface area (Å²) in [7, 11) is 0. The van der Waals surface area contributed by atoms with Crippen molar-refractivity contribution in [3.63, 3.8) is 0 Å². The van der Waals surface area contributed by atoms with E-state index in [1.807, 2.05) is 0 Å². The van der Waals surface area contributed by atoms with Gasteiger partial charge in [0.05, 0.1) is 21.7 Å². The molecule has 0 saturated carbocycles. The molecule has 9 nitrogen and oxygen atoms in total. The van der Waals surface area contributed by atoms with E-state index in [4.69, 9.17) is 0 Å². The SMILES string of the molecule is O=C(CNc1nc2cc([N+](=O)[O-])ccc2s1)NCc1ccc(O)c(O)c1. The average molecular weight is 374 g/mol. The molecule has 1 aromatic heterocycles. The zero-order valence-electron chi connectivity index (χ0n) is 13.3. The Labute approximate surface area is 151 Å². The van der Waals surface area contributed by atoms with Gasteiger partial charge in [0.2, 0.25) is 5.91 Å². The first-order valence-corrected chi connectivity index (χ1v) is 8.30. The Balaban J connectivity index is 1.56. The summed E-state index contributed by atoms with van der Waals surface area (Å²) in [5, 5.41) is 35.5. The Bertz CT molecular complexity index is 988. The van der Waals surface area contributed by atoms with Crippen molar-refractivity contribution < 1.29 is 19.9 Å². The molecule has 0 bridgehead atoms. The van der Waals surface area contributed by atoms with E-state index in [0.29, 0.717) is 16.2 Å². The second-order valence-electron chi connectivity index (χ2n) is 5.38. The van der Waals surface area contributed by atoms with Crippen molar-refractivity contribution in [2.24, 2.45) is 0 Å². The number of carbonyl (C=O) groups is 1. The molecule has 0 aliphatic heterocycles. The van der Waals surface area contributed by atoms with Gasteiger partial charge in [0.1, 0.15) is 0 Å². The highest BCUT2D eigenvalue weighted by Gasteiger charge is 2.11. The molecule has 0 atom stereocenters. The molecule has 1 amide bonds. The Kier molecular flexibility index (Phi) is 4.85. The lowest BCUT2D eigenvalue weighted by molar-refractivity contribution is -0.384. The topological polar surface area (TPSA) is 138 Å². The largest absolute Gasteiger partial charge is 0.504 e. The van der Waals surface area contributed by atoms with Crippen LogP contribution >= 0.6 is 11.3 Å². The van der Waals surface area contributed by atoms with Crippen LogP contribution in [0.2, 0.25) is 0 Å². The summed E-state index contributed by atoms with van der Waals surface area (Å²) in [5.74, 6) is -0.765. The molecule has 0 saturated heterocycles. The minimum Gasteiger partial charge on any atom is -0.504 e. The van der Waals surface area contributed by atoms with Crippen LogP contribution in [0.4, 0.5) is 10.8 Å². The maximum Gasteiger partial charge on any atom is 0.271 e. The summed E-state index contributed by atoms with van der Waals surface area (Å²) in [4.78, 5) is 26.4. The zero-order chi connectivity index (χ0) is 18.7. The quantitative estimate of drug-likeness (QED) is 0.295. The number of hydrogen-bond donors (Lipinski definition) is 4. The number of anilines is 1. The van der Waals surface area contributed by atoms with Gasteiger partial charge in [-0.25, -0.2) is 4.98 Å². The van der Waals surface area contributed by atoms with Crippen molar-refractivity contribution >= 4 is 38.3 Å². The first-order valence-electron chi connectivity index (χ1n) is 7.49. The van der Waals surface area contributed by atoms with E-state index in [1.54, 1.807) is 12.1 Å². The molecule has 0 radical (unpaired) electrons. The summed E-state index contributed by atoms with van der Waals surface area (Å²) in [5.41, 5.74) is 1.09. The van der Waals surface area contributed by atoms with Gasteiger partial charge in [-0.15, -0.1) is 0 Å². The first-order chi connectivity index (χ1) is 12.4. The molecule has 0 unspecified atom stereocenters. The van der Waals surface area contributed by atoms with Crippen molar-refractivity contribution in [3.05, 3.63) is 52.1 Å². The third kappa shape index (κ3) is 3.98. The number of nitro benzene ring substituents is 1. The van der Waals surface area contributed by atoms with Crippen LogP contribution in [0.3, 0.4) is 0 Å². The molecule has 0 spiro atoms. The number of fused-ring (bicyclic) bond motifs is 1. The molecule has 4 N–H and O–H groups in total. The lowest BCUT2D eigenvalue weighted by Crippen LogP contribution is -2.29. The van der Waals surface area contributed by atoms with Gasteiger partial charge in [-0.3, -0.25) is 14.9 Å². The lowest BCUT2D eigenvalue weighted by atomic mass is 10.2. The van der Waals surface area contributed by atoms with Crippen LogP contribution in [0.1, 0.15) is 5.56 Å². The van der Waals surface area contributed by atoms with E-state index in [9.17, 15) is 25.1 Å². The summed E-state index contributed by atoms with van der Waals surface area (Å²) < 4.78 is 0.776. The standard InChI is InChI=1S/C16H14N4O5S/c21-12-3-1-9(5-13(12)22)7-17-15(23)8-18-16-19-11-6-10(20(24)25)2-4-14(11)26-16/h1-6,21-22H,7-8H2,(H,17,23)(H,18,19). The van der Waals surface area contributed by atoms with Crippen molar-refractivity contribution in [1.29, 1.82) is 0 Å². The number of amides is 1. The molecule has 2 aromatic carbocycles. The highest BCUT2D eigenvalue weighted by molar-refractivity contribution is 7.22. The number of aromatic hydroxyl groups is 2. The fourth-order valence-electron chi connectivity index (χ4n) is 2.20. The second-order valence-corrected chi connectivity index (χ2v) is 6.41. The Hall–Kier alpha value is -3.40. The molecule has 0 aliphatic carbocycles. The summed E-state index contributed by atoms with van der Waals surface area (Å²) >= 11 is 1.29. The highest BCUT2D eigenvalue weighted by Crippen LogP contribution is 2.28. The minimum absolute atomic E-state index is 0.0218. The van der Waals surface area contributed by atoms with Crippen LogP contribution in [0, 0.1) is 10.1 Å². The van der Waals surface area contributed by atoms with E-state index < -0.39 is 4.92 Å². The number of nitrogens with one attached hydrogen (secondary N) is 2. The van der Waals surface area contributed by atoms with Gasteiger partial charge in [0.25, 0.3) is 5.69 Å². The maximum absolute atomic E-state index is 11.9. The fourth-order valence-corrected chi connectivity index (χ4v) is 3.04. The number of aromatic nitrogens is 1. The van der Waals surface area contributed by atoms with Crippen LogP contribution in [0.25, 0.3) is 10.2 Å².